The number of carboxylic acids is 1. The minimum atomic E-state index is -4.01. The first-order chi connectivity index (χ1) is 19.4. The van der Waals surface area contributed by atoms with Crippen molar-refractivity contribution < 1.29 is 27.2 Å². The van der Waals surface area contributed by atoms with E-state index in [2.05, 4.69) is 0 Å². The largest absolute Gasteiger partial charge is 0.475 e. The van der Waals surface area contributed by atoms with E-state index in [1.54, 1.807) is 48.7 Å². The third kappa shape index (κ3) is 4.88. The number of hydrogen-bond donors (Lipinski definition) is 1. The van der Waals surface area contributed by atoms with Gasteiger partial charge >= 0.3 is 5.97 Å². The summed E-state index contributed by atoms with van der Waals surface area (Å²) >= 11 is 0. The lowest BCUT2D eigenvalue weighted by Crippen LogP contribution is -2.30. The number of rotatable bonds is 8. The van der Waals surface area contributed by atoms with Crippen molar-refractivity contribution in [3.05, 3.63) is 133 Å². The van der Waals surface area contributed by atoms with Gasteiger partial charge in [0.15, 0.2) is 0 Å². The summed E-state index contributed by atoms with van der Waals surface area (Å²) in [6.07, 6.45) is 1.60. The number of sulfonamides is 1. The van der Waals surface area contributed by atoms with E-state index in [-0.39, 0.29) is 17.2 Å². The molecule has 0 saturated heterocycles. The maximum Gasteiger partial charge on any atom is 0.371 e. The normalized spacial score (nSPS) is 11.5. The number of carboxylic acid groups (broad SMARTS) is 1. The fourth-order valence-electron chi connectivity index (χ4n) is 4.57. The van der Waals surface area contributed by atoms with Crippen LogP contribution in [0, 0.1) is 0 Å². The van der Waals surface area contributed by atoms with Crippen LogP contribution < -0.4 is 4.31 Å². The molecule has 0 aliphatic rings. The van der Waals surface area contributed by atoms with Crippen LogP contribution in [0.25, 0.3) is 33.4 Å². The molecular formula is C32H23NO6S. The van der Waals surface area contributed by atoms with Gasteiger partial charge in [-0.1, -0.05) is 66.7 Å². The van der Waals surface area contributed by atoms with Crippen LogP contribution in [0.15, 0.2) is 135 Å². The molecule has 1 N–H and O–H groups in total. The van der Waals surface area contributed by atoms with Gasteiger partial charge in [0.2, 0.25) is 5.76 Å². The van der Waals surface area contributed by atoms with E-state index in [4.69, 9.17) is 8.83 Å². The van der Waals surface area contributed by atoms with E-state index in [9.17, 15) is 18.3 Å². The van der Waals surface area contributed by atoms with Crippen LogP contribution in [0.1, 0.15) is 16.1 Å². The van der Waals surface area contributed by atoms with Crippen LogP contribution in [0.4, 0.5) is 5.69 Å². The smallest absolute Gasteiger partial charge is 0.371 e. The Morgan fingerprint density at radius 3 is 2.12 bits per heavy atom. The molecule has 0 aliphatic carbocycles. The van der Waals surface area contributed by atoms with Crippen LogP contribution in [0.2, 0.25) is 0 Å². The van der Waals surface area contributed by atoms with E-state index in [1.165, 1.54) is 10.4 Å². The summed E-state index contributed by atoms with van der Waals surface area (Å²) in [5.41, 5.74) is 4.26. The van der Waals surface area contributed by atoms with Crippen molar-refractivity contribution in [3.63, 3.8) is 0 Å². The van der Waals surface area contributed by atoms with Gasteiger partial charge in [-0.2, -0.15) is 0 Å². The second-order valence-corrected chi connectivity index (χ2v) is 11.1. The van der Waals surface area contributed by atoms with Gasteiger partial charge in [0.05, 0.1) is 23.4 Å². The average Bonchev–Trinajstić information content (AvgIpc) is 3.67. The molecule has 0 radical (unpaired) electrons. The predicted octanol–water partition coefficient (Wildman–Crippen LogP) is 7.45. The van der Waals surface area contributed by atoms with Gasteiger partial charge in [-0.05, 0) is 65.2 Å². The van der Waals surface area contributed by atoms with Gasteiger partial charge in [0.25, 0.3) is 10.0 Å². The molecular weight excluding hydrogens is 526 g/mol. The van der Waals surface area contributed by atoms with E-state index in [0.29, 0.717) is 22.4 Å². The van der Waals surface area contributed by atoms with Gasteiger partial charge in [-0.25, -0.2) is 13.2 Å². The Morgan fingerprint density at radius 1 is 0.750 bits per heavy atom. The Morgan fingerprint density at radius 2 is 1.45 bits per heavy atom. The van der Waals surface area contributed by atoms with E-state index in [0.717, 1.165) is 22.3 Å². The zero-order valence-electron chi connectivity index (χ0n) is 21.1. The minimum absolute atomic E-state index is 0.0519. The second kappa shape index (κ2) is 10.2. The van der Waals surface area contributed by atoms with Crippen LogP contribution in [-0.4, -0.2) is 19.5 Å². The molecule has 40 heavy (non-hydrogen) atoms. The van der Waals surface area contributed by atoms with Crippen molar-refractivity contribution >= 4 is 32.6 Å². The molecule has 6 aromatic rings. The zero-order chi connectivity index (χ0) is 27.7. The van der Waals surface area contributed by atoms with Crippen molar-refractivity contribution in [2.24, 2.45) is 0 Å². The molecule has 6 rings (SSSR count). The van der Waals surface area contributed by atoms with E-state index >= 15 is 0 Å². The number of benzene rings is 4. The Kier molecular flexibility index (Phi) is 6.45. The van der Waals surface area contributed by atoms with E-state index < -0.39 is 16.0 Å². The quantitative estimate of drug-likeness (QED) is 0.212. The Bertz CT molecular complexity index is 1890. The number of fused-ring (bicyclic) bond motifs is 1. The van der Waals surface area contributed by atoms with Crippen molar-refractivity contribution in [3.8, 4) is 22.5 Å². The Balaban J connectivity index is 1.39. The molecule has 0 amide bonds. The zero-order valence-corrected chi connectivity index (χ0v) is 21.9. The molecule has 0 aliphatic heterocycles. The minimum Gasteiger partial charge on any atom is -0.475 e. The summed E-state index contributed by atoms with van der Waals surface area (Å²) in [5, 5.41) is 9.81. The number of nitrogens with zero attached hydrogens (tertiary/aromatic N) is 1. The van der Waals surface area contributed by atoms with Crippen molar-refractivity contribution in [2.75, 3.05) is 4.31 Å². The lowest BCUT2D eigenvalue weighted by Gasteiger charge is -2.25. The third-order valence-corrected chi connectivity index (χ3v) is 8.42. The summed E-state index contributed by atoms with van der Waals surface area (Å²) in [6, 6.07) is 33.9. The molecule has 2 heterocycles. The summed E-state index contributed by atoms with van der Waals surface area (Å²) < 4.78 is 40.3. The SMILES string of the molecule is O=C(O)c1cc2cc(N(Cc3ccc(-c4ccco4)cc3)S(=O)(=O)c3ccc(-c4ccccc4)cc3)ccc2o1. The molecule has 0 unspecified atom stereocenters. The number of aromatic carboxylic acids is 1. The standard InChI is InChI=1S/C32H23NO6S/c34-32(35)31-20-26-19-27(14-17-30(26)39-31)33(21-22-8-10-25(11-9-22)29-7-4-18-38-29)40(36,37)28-15-12-24(13-16-28)23-5-2-1-3-6-23/h1-20H,21H2,(H,34,35). The molecule has 0 bridgehead atoms. The molecule has 0 atom stereocenters. The summed E-state index contributed by atoms with van der Waals surface area (Å²) in [4.78, 5) is 11.5. The van der Waals surface area contributed by atoms with Crippen LogP contribution in [0.5, 0.6) is 0 Å². The monoisotopic (exact) mass is 549 g/mol. The van der Waals surface area contributed by atoms with Gasteiger partial charge in [0.1, 0.15) is 11.3 Å². The molecule has 0 saturated carbocycles. The summed E-state index contributed by atoms with van der Waals surface area (Å²) in [5.74, 6) is -0.696. The molecule has 0 spiro atoms. The highest BCUT2D eigenvalue weighted by atomic mass is 32.2. The fourth-order valence-corrected chi connectivity index (χ4v) is 6.01. The average molecular weight is 550 g/mol. The van der Waals surface area contributed by atoms with Crippen molar-refractivity contribution in [2.45, 2.75) is 11.4 Å². The first-order valence-electron chi connectivity index (χ1n) is 12.5. The number of anilines is 1. The molecule has 198 valence electrons. The van der Waals surface area contributed by atoms with Gasteiger partial charge in [-0.3, -0.25) is 4.31 Å². The highest BCUT2D eigenvalue weighted by Gasteiger charge is 2.26. The van der Waals surface area contributed by atoms with Crippen molar-refractivity contribution in [1.29, 1.82) is 0 Å². The first-order valence-corrected chi connectivity index (χ1v) is 13.9. The number of carbonyl (C=O) groups is 1. The molecule has 7 nitrogen and oxygen atoms in total. The van der Waals surface area contributed by atoms with Crippen LogP contribution in [-0.2, 0) is 16.6 Å². The highest BCUT2D eigenvalue weighted by molar-refractivity contribution is 7.92. The summed E-state index contributed by atoms with van der Waals surface area (Å²) in [7, 11) is -4.01. The summed E-state index contributed by atoms with van der Waals surface area (Å²) in [6.45, 7) is 0.0519. The third-order valence-electron chi connectivity index (χ3n) is 6.63. The second-order valence-electron chi connectivity index (χ2n) is 9.21. The predicted molar refractivity (Wildman–Crippen MR) is 153 cm³/mol. The van der Waals surface area contributed by atoms with Crippen LogP contribution >= 0.6 is 0 Å². The molecule has 8 heteroatoms. The van der Waals surface area contributed by atoms with Crippen molar-refractivity contribution in [1.82, 2.24) is 0 Å². The molecule has 0 fully saturated rings. The lowest BCUT2D eigenvalue weighted by molar-refractivity contribution is 0.0665. The van der Waals surface area contributed by atoms with E-state index in [1.807, 2.05) is 66.7 Å². The fraction of sp³-hybridized carbons (Fsp3) is 0.0312. The van der Waals surface area contributed by atoms with Gasteiger partial charge < -0.3 is 13.9 Å². The first kappa shape index (κ1) is 25.2. The van der Waals surface area contributed by atoms with Gasteiger partial charge in [0, 0.05) is 10.9 Å². The molecule has 4 aromatic carbocycles. The lowest BCUT2D eigenvalue weighted by atomic mass is 10.1. The number of hydrogen-bond acceptors (Lipinski definition) is 5. The maximum atomic E-state index is 14.1. The number of furan rings is 2. The Labute approximate surface area is 230 Å². The molecule has 2 aromatic heterocycles. The maximum absolute atomic E-state index is 14.1. The van der Waals surface area contributed by atoms with Crippen LogP contribution in [0.3, 0.4) is 0 Å². The topological polar surface area (TPSA) is 101 Å². The van der Waals surface area contributed by atoms with Gasteiger partial charge in [-0.15, -0.1) is 0 Å². The Hall–Kier alpha value is -5.08. The highest BCUT2D eigenvalue weighted by Crippen LogP contribution is 2.32.